The zero-order valence-corrected chi connectivity index (χ0v) is 12.0. The minimum atomic E-state index is -0.560. The van der Waals surface area contributed by atoms with Gasteiger partial charge in [-0.15, -0.1) is 0 Å². The van der Waals surface area contributed by atoms with Gasteiger partial charge in [0.15, 0.2) is 6.10 Å². The number of amides is 1. The van der Waals surface area contributed by atoms with Gasteiger partial charge in [0.05, 0.1) is 5.56 Å². The molecule has 20 heavy (non-hydrogen) atoms. The number of piperidine rings is 1. The summed E-state index contributed by atoms with van der Waals surface area (Å²) in [5.74, 6) is 1.02. The van der Waals surface area contributed by atoms with Gasteiger partial charge in [0.2, 0.25) is 0 Å². The van der Waals surface area contributed by atoms with Crippen LogP contribution in [0.1, 0.15) is 32.3 Å². The molecule has 1 fully saturated rings. The molecule has 106 valence electrons. The molecule has 2 rings (SSSR count). The Morgan fingerprint density at radius 2 is 2.25 bits per heavy atom. The minimum Gasteiger partial charge on any atom is -0.480 e. The summed E-state index contributed by atoms with van der Waals surface area (Å²) in [7, 11) is 0. The lowest BCUT2D eigenvalue weighted by Gasteiger charge is -2.32. The van der Waals surface area contributed by atoms with Crippen LogP contribution in [-0.2, 0) is 4.79 Å². The van der Waals surface area contributed by atoms with Gasteiger partial charge in [-0.2, -0.15) is 5.26 Å². The lowest BCUT2D eigenvalue weighted by atomic mass is 10.00. The SMILES string of the molecule is CC1CCCN(C(=O)C(C)Oc2ccccc2C#N)C1. The van der Waals surface area contributed by atoms with E-state index in [1.165, 1.54) is 6.42 Å². The molecular weight excluding hydrogens is 252 g/mol. The van der Waals surface area contributed by atoms with E-state index >= 15 is 0 Å². The second kappa shape index (κ2) is 6.42. The van der Waals surface area contributed by atoms with Gasteiger partial charge in [-0.25, -0.2) is 0 Å². The highest BCUT2D eigenvalue weighted by molar-refractivity contribution is 5.81. The fraction of sp³-hybridized carbons (Fsp3) is 0.500. The molecule has 0 saturated carbocycles. The molecular formula is C16H20N2O2. The highest BCUT2D eigenvalue weighted by Gasteiger charge is 2.26. The number of carbonyl (C=O) groups is 1. The second-order valence-electron chi connectivity index (χ2n) is 5.40. The number of para-hydroxylation sites is 1. The summed E-state index contributed by atoms with van der Waals surface area (Å²) in [6, 6.07) is 9.07. The van der Waals surface area contributed by atoms with E-state index in [0.29, 0.717) is 17.2 Å². The van der Waals surface area contributed by atoms with Crippen molar-refractivity contribution in [3.8, 4) is 11.8 Å². The molecule has 2 unspecified atom stereocenters. The fourth-order valence-electron chi connectivity index (χ4n) is 2.55. The predicted molar refractivity (Wildman–Crippen MR) is 76.2 cm³/mol. The minimum absolute atomic E-state index is 0.00397. The number of rotatable bonds is 3. The lowest BCUT2D eigenvalue weighted by molar-refractivity contribution is -0.139. The molecule has 0 aromatic heterocycles. The van der Waals surface area contributed by atoms with Gasteiger partial charge < -0.3 is 9.64 Å². The van der Waals surface area contributed by atoms with Crippen molar-refractivity contribution in [3.63, 3.8) is 0 Å². The fourth-order valence-corrected chi connectivity index (χ4v) is 2.55. The molecule has 1 aromatic rings. The third kappa shape index (κ3) is 3.30. The van der Waals surface area contributed by atoms with E-state index in [1.54, 1.807) is 31.2 Å². The Bertz CT molecular complexity index is 521. The maximum absolute atomic E-state index is 12.4. The number of ether oxygens (including phenoxy) is 1. The molecule has 1 heterocycles. The Labute approximate surface area is 120 Å². The van der Waals surface area contributed by atoms with Crippen molar-refractivity contribution >= 4 is 5.91 Å². The first kappa shape index (κ1) is 14.4. The summed E-state index contributed by atoms with van der Waals surface area (Å²) >= 11 is 0. The smallest absolute Gasteiger partial charge is 0.263 e. The monoisotopic (exact) mass is 272 g/mol. The summed E-state index contributed by atoms with van der Waals surface area (Å²) < 4.78 is 5.67. The van der Waals surface area contributed by atoms with Crippen LogP contribution < -0.4 is 4.74 Å². The quantitative estimate of drug-likeness (QED) is 0.849. The van der Waals surface area contributed by atoms with Gasteiger partial charge in [0, 0.05) is 13.1 Å². The van der Waals surface area contributed by atoms with Gasteiger partial charge in [0.25, 0.3) is 5.91 Å². The third-order valence-corrected chi connectivity index (χ3v) is 3.63. The summed E-state index contributed by atoms with van der Waals surface area (Å²) in [5, 5.41) is 9.03. The van der Waals surface area contributed by atoms with Crippen molar-refractivity contribution in [1.82, 2.24) is 4.90 Å². The molecule has 4 nitrogen and oxygen atoms in total. The van der Waals surface area contributed by atoms with E-state index in [0.717, 1.165) is 19.5 Å². The highest BCUT2D eigenvalue weighted by Crippen LogP contribution is 2.20. The lowest BCUT2D eigenvalue weighted by Crippen LogP contribution is -2.45. The van der Waals surface area contributed by atoms with Crippen molar-refractivity contribution in [2.24, 2.45) is 5.92 Å². The van der Waals surface area contributed by atoms with Crippen LogP contribution >= 0.6 is 0 Å². The van der Waals surface area contributed by atoms with Gasteiger partial charge in [0.1, 0.15) is 11.8 Å². The number of nitrogens with zero attached hydrogens (tertiary/aromatic N) is 2. The average molecular weight is 272 g/mol. The van der Waals surface area contributed by atoms with E-state index in [-0.39, 0.29) is 5.91 Å². The number of likely N-dealkylation sites (tertiary alicyclic amines) is 1. The molecule has 1 aliphatic heterocycles. The van der Waals surface area contributed by atoms with Crippen LogP contribution in [0.15, 0.2) is 24.3 Å². The van der Waals surface area contributed by atoms with E-state index in [9.17, 15) is 4.79 Å². The van der Waals surface area contributed by atoms with Gasteiger partial charge >= 0.3 is 0 Å². The Hall–Kier alpha value is -2.02. The van der Waals surface area contributed by atoms with Gasteiger partial charge in [-0.3, -0.25) is 4.79 Å². The molecule has 1 saturated heterocycles. The Balaban J connectivity index is 2.02. The molecule has 0 radical (unpaired) electrons. The first-order valence-corrected chi connectivity index (χ1v) is 7.06. The van der Waals surface area contributed by atoms with Crippen LogP contribution in [0, 0.1) is 17.2 Å². The molecule has 0 aliphatic carbocycles. The van der Waals surface area contributed by atoms with Crippen LogP contribution in [-0.4, -0.2) is 30.0 Å². The standard InChI is InChI=1S/C16H20N2O2/c1-12-6-5-9-18(11-12)16(19)13(2)20-15-8-4-3-7-14(15)10-17/h3-4,7-8,12-13H,5-6,9,11H2,1-2H3. The normalized spacial score (nSPS) is 20.1. The average Bonchev–Trinajstić information content (AvgIpc) is 2.47. The zero-order chi connectivity index (χ0) is 14.5. The molecule has 1 amide bonds. The Morgan fingerprint density at radius 1 is 1.50 bits per heavy atom. The van der Waals surface area contributed by atoms with E-state index in [1.807, 2.05) is 4.90 Å². The molecule has 2 atom stereocenters. The van der Waals surface area contributed by atoms with Crippen LogP contribution in [0.3, 0.4) is 0 Å². The van der Waals surface area contributed by atoms with Crippen LogP contribution in [0.2, 0.25) is 0 Å². The van der Waals surface area contributed by atoms with E-state index < -0.39 is 6.10 Å². The first-order chi connectivity index (χ1) is 9.61. The first-order valence-electron chi connectivity index (χ1n) is 7.06. The predicted octanol–water partition coefficient (Wildman–Crippen LogP) is 2.58. The number of carbonyl (C=O) groups excluding carboxylic acids is 1. The van der Waals surface area contributed by atoms with Crippen molar-refractivity contribution in [2.75, 3.05) is 13.1 Å². The number of hydrogen-bond acceptors (Lipinski definition) is 3. The van der Waals surface area contributed by atoms with Crippen LogP contribution in [0.4, 0.5) is 0 Å². The summed E-state index contributed by atoms with van der Waals surface area (Å²) in [6.45, 7) is 5.51. The number of hydrogen-bond donors (Lipinski definition) is 0. The zero-order valence-electron chi connectivity index (χ0n) is 12.0. The largest absolute Gasteiger partial charge is 0.480 e. The maximum Gasteiger partial charge on any atom is 0.263 e. The summed E-state index contributed by atoms with van der Waals surface area (Å²) in [4.78, 5) is 14.2. The third-order valence-electron chi connectivity index (χ3n) is 3.63. The Kier molecular flexibility index (Phi) is 4.62. The molecule has 4 heteroatoms. The molecule has 0 N–H and O–H groups in total. The summed E-state index contributed by atoms with van der Waals surface area (Å²) in [5.41, 5.74) is 0.458. The number of benzene rings is 1. The van der Waals surface area contributed by atoms with Crippen molar-refractivity contribution in [1.29, 1.82) is 5.26 Å². The maximum atomic E-state index is 12.4. The molecule has 1 aromatic carbocycles. The molecule has 0 bridgehead atoms. The van der Waals surface area contributed by atoms with E-state index in [2.05, 4.69) is 13.0 Å². The van der Waals surface area contributed by atoms with E-state index in [4.69, 9.17) is 10.00 Å². The van der Waals surface area contributed by atoms with Crippen LogP contribution in [0.25, 0.3) is 0 Å². The van der Waals surface area contributed by atoms with Crippen molar-refractivity contribution in [3.05, 3.63) is 29.8 Å². The molecule has 1 aliphatic rings. The van der Waals surface area contributed by atoms with Gasteiger partial charge in [-0.05, 0) is 37.8 Å². The highest BCUT2D eigenvalue weighted by atomic mass is 16.5. The van der Waals surface area contributed by atoms with Gasteiger partial charge in [-0.1, -0.05) is 19.1 Å². The second-order valence-corrected chi connectivity index (χ2v) is 5.40. The molecule has 0 spiro atoms. The number of nitriles is 1. The summed E-state index contributed by atoms with van der Waals surface area (Å²) in [6.07, 6.45) is 1.67. The van der Waals surface area contributed by atoms with Crippen LogP contribution in [0.5, 0.6) is 5.75 Å². The topological polar surface area (TPSA) is 53.3 Å². The van der Waals surface area contributed by atoms with Crippen molar-refractivity contribution in [2.45, 2.75) is 32.8 Å². The van der Waals surface area contributed by atoms with Crippen molar-refractivity contribution < 1.29 is 9.53 Å². The Morgan fingerprint density at radius 3 is 2.95 bits per heavy atom.